The van der Waals surface area contributed by atoms with E-state index < -0.39 is 0 Å². The number of piperidine rings is 1. The minimum absolute atomic E-state index is 0.0191. The summed E-state index contributed by atoms with van der Waals surface area (Å²) in [7, 11) is 1.66. The molecule has 2 aliphatic heterocycles. The second-order valence-electron chi connectivity index (χ2n) is 5.36. The Morgan fingerprint density at radius 1 is 1.39 bits per heavy atom. The number of hydrogen-bond donors (Lipinski definition) is 2. The molecule has 0 saturated carbocycles. The van der Waals surface area contributed by atoms with Gasteiger partial charge in [0.15, 0.2) is 0 Å². The molecular formula is C13H23N3O2. The average Bonchev–Trinajstić information content (AvgIpc) is 2.90. The fourth-order valence-corrected chi connectivity index (χ4v) is 2.89. The SMILES string of the molecule is CNC(=O)C1CCCN(C(=O)CC2CCNC2)C1. The Morgan fingerprint density at radius 2 is 2.22 bits per heavy atom. The van der Waals surface area contributed by atoms with Crippen molar-refractivity contribution < 1.29 is 9.59 Å². The number of nitrogens with zero attached hydrogens (tertiary/aromatic N) is 1. The minimum Gasteiger partial charge on any atom is -0.359 e. The number of rotatable bonds is 3. The molecule has 2 heterocycles. The van der Waals surface area contributed by atoms with Crippen LogP contribution in [0.1, 0.15) is 25.7 Å². The van der Waals surface area contributed by atoms with E-state index in [4.69, 9.17) is 0 Å². The van der Waals surface area contributed by atoms with Crippen LogP contribution in [0.4, 0.5) is 0 Å². The lowest BCUT2D eigenvalue weighted by Crippen LogP contribution is -2.45. The molecule has 2 N–H and O–H groups in total. The summed E-state index contributed by atoms with van der Waals surface area (Å²) in [4.78, 5) is 25.7. The maximum atomic E-state index is 12.2. The maximum Gasteiger partial charge on any atom is 0.224 e. The Hall–Kier alpha value is -1.10. The van der Waals surface area contributed by atoms with Gasteiger partial charge in [-0.15, -0.1) is 0 Å². The van der Waals surface area contributed by atoms with Gasteiger partial charge in [-0.3, -0.25) is 9.59 Å². The number of hydrogen-bond acceptors (Lipinski definition) is 3. The summed E-state index contributed by atoms with van der Waals surface area (Å²) in [6.07, 6.45) is 3.56. The highest BCUT2D eigenvalue weighted by molar-refractivity contribution is 5.81. The van der Waals surface area contributed by atoms with Gasteiger partial charge in [0, 0.05) is 26.6 Å². The smallest absolute Gasteiger partial charge is 0.224 e. The Bertz CT molecular complexity index is 313. The van der Waals surface area contributed by atoms with Gasteiger partial charge in [-0.1, -0.05) is 0 Å². The number of amides is 2. The van der Waals surface area contributed by atoms with Gasteiger partial charge >= 0.3 is 0 Å². The first-order valence-electron chi connectivity index (χ1n) is 6.90. The van der Waals surface area contributed by atoms with Gasteiger partial charge in [0.25, 0.3) is 0 Å². The molecule has 0 aromatic heterocycles. The van der Waals surface area contributed by atoms with Gasteiger partial charge in [0.05, 0.1) is 5.92 Å². The standard InChI is InChI=1S/C13H23N3O2/c1-14-13(18)11-3-2-6-16(9-11)12(17)7-10-4-5-15-8-10/h10-11,15H,2-9H2,1H3,(H,14,18). The Balaban J connectivity index is 1.83. The molecule has 2 atom stereocenters. The predicted molar refractivity (Wildman–Crippen MR) is 69.0 cm³/mol. The highest BCUT2D eigenvalue weighted by Gasteiger charge is 2.29. The van der Waals surface area contributed by atoms with Gasteiger partial charge in [0.2, 0.25) is 11.8 Å². The summed E-state index contributed by atoms with van der Waals surface area (Å²) in [6, 6.07) is 0. The van der Waals surface area contributed by atoms with Crippen LogP contribution in [0.3, 0.4) is 0 Å². The van der Waals surface area contributed by atoms with E-state index >= 15 is 0 Å². The van der Waals surface area contributed by atoms with E-state index in [0.29, 0.717) is 18.9 Å². The van der Waals surface area contributed by atoms with Crippen LogP contribution in [-0.2, 0) is 9.59 Å². The van der Waals surface area contributed by atoms with Crippen molar-refractivity contribution in [3.63, 3.8) is 0 Å². The van der Waals surface area contributed by atoms with E-state index in [2.05, 4.69) is 10.6 Å². The van der Waals surface area contributed by atoms with Crippen LogP contribution in [-0.4, -0.2) is 49.9 Å². The summed E-state index contributed by atoms with van der Waals surface area (Å²) in [5, 5.41) is 5.96. The summed E-state index contributed by atoms with van der Waals surface area (Å²) in [6.45, 7) is 3.39. The third kappa shape index (κ3) is 3.22. The minimum atomic E-state index is -0.0191. The van der Waals surface area contributed by atoms with Crippen molar-refractivity contribution in [1.82, 2.24) is 15.5 Å². The third-order valence-corrected chi connectivity index (χ3v) is 4.02. The Labute approximate surface area is 108 Å². The Kier molecular flexibility index (Phi) is 4.58. The number of likely N-dealkylation sites (tertiary alicyclic amines) is 1. The molecule has 0 radical (unpaired) electrons. The predicted octanol–water partition coefficient (Wildman–Crippen LogP) is -0.0294. The molecule has 102 valence electrons. The van der Waals surface area contributed by atoms with E-state index in [1.54, 1.807) is 7.05 Å². The zero-order valence-corrected chi connectivity index (χ0v) is 11.1. The molecule has 18 heavy (non-hydrogen) atoms. The molecular weight excluding hydrogens is 230 g/mol. The number of nitrogens with one attached hydrogen (secondary N) is 2. The van der Waals surface area contributed by atoms with Crippen LogP contribution in [0.2, 0.25) is 0 Å². The van der Waals surface area contributed by atoms with Crippen molar-refractivity contribution in [2.45, 2.75) is 25.7 Å². The highest BCUT2D eigenvalue weighted by Crippen LogP contribution is 2.20. The summed E-state index contributed by atoms with van der Waals surface area (Å²) in [5.41, 5.74) is 0. The zero-order chi connectivity index (χ0) is 13.0. The zero-order valence-electron chi connectivity index (χ0n) is 11.1. The van der Waals surface area contributed by atoms with Gasteiger partial charge in [-0.05, 0) is 38.3 Å². The van der Waals surface area contributed by atoms with E-state index in [1.807, 2.05) is 4.90 Å². The van der Waals surface area contributed by atoms with E-state index in [9.17, 15) is 9.59 Å². The van der Waals surface area contributed by atoms with Crippen LogP contribution in [0.15, 0.2) is 0 Å². The second-order valence-corrected chi connectivity index (χ2v) is 5.36. The van der Waals surface area contributed by atoms with Crippen LogP contribution < -0.4 is 10.6 Å². The Morgan fingerprint density at radius 3 is 2.89 bits per heavy atom. The van der Waals surface area contributed by atoms with Crippen LogP contribution >= 0.6 is 0 Å². The summed E-state index contributed by atoms with van der Waals surface area (Å²) < 4.78 is 0. The molecule has 5 nitrogen and oxygen atoms in total. The first-order chi connectivity index (χ1) is 8.70. The molecule has 0 bridgehead atoms. The average molecular weight is 253 g/mol. The summed E-state index contributed by atoms with van der Waals surface area (Å²) in [5.74, 6) is 0.750. The molecule has 0 spiro atoms. The van der Waals surface area contributed by atoms with Gasteiger partial charge in [-0.25, -0.2) is 0 Å². The van der Waals surface area contributed by atoms with Crippen molar-refractivity contribution in [3.05, 3.63) is 0 Å². The second kappa shape index (κ2) is 6.18. The molecule has 2 unspecified atom stereocenters. The van der Waals surface area contributed by atoms with Crippen molar-refractivity contribution in [1.29, 1.82) is 0 Å². The van der Waals surface area contributed by atoms with Crippen molar-refractivity contribution in [2.75, 3.05) is 33.2 Å². The third-order valence-electron chi connectivity index (χ3n) is 4.02. The van der Waals surface area contributed by atoms with Crippen LogP contribution in [0.25, 0.3) is 0 Å². The molecule has 2 fully saturated rings. The van der Waals surface area contributed by atoms with Crippen LogP contribution in [0, 0.1) is 11.8 Å². The topological polar surface area (TPSA) is 61.4 Å². The van der Waals surface area contributed by atoms with Gasteiger partial charge in [0.1, 0.15) is 0 Å². The molecule has 5 heteroatoms. The fourth-order valence-electron chi connectivity index (χ4n) is 2.89. The molecule has 2 rings (SSSR count). The lowest BCUT2D eigenvalue weighted by atomic mass is 9.96. The van der Waals surface area contributed by atoms with Crippen LogP contribution in [0.5, 0.6) is 0 Å². The van der Waals surface area contributed by atoms with E-state index in [0.717, 1.165) is 38.9 Å². The first-order valence-corrected chi connectivity index (χ1v) is 6.90. The lowest BCUT2D eigenvalue weighted by Gasteiger charge is -2.32. The van der Waals surface area contributed by atoms with Crippen molar-refractivity contribution in [3.8, 4) is 0 Å². The molecule has 0 aromatic carbocycles. The largest absolute Gasteiger partial charge is 0.359 e. The summed E-state index contributed by atoms with van der Waals surface area (Å²) >= 11 is 0. The number of carbonyl (C=O) groups excluding carboxylic acids is 2. The number of carbonyl (C=O) groups is 2. The molecule has 0 aliphatic carbocycles. The molecule has 0 aromatic rings. The monoisotopic (exact) mass is 253 g/mol. The van der Waals surface area contributed by atoms with Gasteiger partial charge in [-0.2, -0.15) is 0 Å². The first kappa shape index (κ1) is 13.3. The molecule has 2 aliphatic rings. The van der Waals surface area contributed by atoms with Crippen molar-refractivity contribution >= 4 is 11.8 Å². The highest BCUT2D eigenvalue weighted by atomic mass is 16.2. The maximum absolute atomic E-state index is 12.2. The fraction of sp³-hybridized carbons (Fsp3) is 0.846. The van der Waals surface area contributed by atoms with Gasteiger partial charge < -0.3 is 15.5 Å². The van der Waals surface area contributed by atoms with E-state index in [1.165, 1.54) is 0 Å². The molecule has 2 saturated heterocycles. The van der Waals surface area contributed by atoms with Crippen molar-refractivity contribution in [2.24, 2.45) is 11.8 Å². The normalized spacial score (nSPS) is 28.2. The van der Waals surface area contributed by atoms with E-state index in [-0.39, 0.29) is 17.7 Å². The quantitative estimate of drug-likeness (QED) is 0.742. The molecule has 2 amide bonds. The lowest BCUT2D eigenvalue weighted by molar-refractivity contribution is -0.136.